The molecule has 2 atom stereocenters. The number of likely N-dealkylation sites (tertiary alicyclic amines) is 1. The van der Waals surface area contributed by atoms with Crippen molar-refractivity contribution in [3.63, 3.8) is 0 Å². The second kappa shape index (κ2) is 5.61. The minimum atomic E-state index is -0.691. The second-order valence-electron chi connectivity index (χ2n) is 3.99. The molecule has 0 spiro atoms. The zero-order valence-corrected chi connectivity index (χ0v) is 9.81. The van der Waals surface area contributed by atoms with Gasteiger partial charge in [-0.05, 0) is 13.3 Å². The summed E-state index contributed by atoms with van der Waals surface area (Å²) < 4.78 is 10.9. The molecule has 1 fully saturated rings. The van der Waals surface area contributed by atoms with Gasteiger partial charge in [-0.25, -0.2) is 0 Å². The standard InChI is InChI=1S/C10H19NO2S/c1-9(5-8-14(2)13)11-6-3-10(12)4-7-11/h9H,3-8H2,1-2H3. The van der Waals surface area contributed by atoms with Gasteiger partial charge < -0.3 is 0 Å². The first kappa shape index (κ1) is 11.9. The lowest BCUT2D eigenvalue weighted by Crippen LogP contribution is -2.40. The van der Waals surface area contributed by atoms with Crippen molar-refractivity contribution in [3.05, 3.63) is 0 Å². The number of piperidine rings is 1. The Labute approximate surface area is 88.3 Å². The van der Waals surface area contributed by atoms with Gasteiger partial charge in [-0.3, -0.25) is 13.9 Å². The molecule has 1 aliphatic rings. The predicted molar refractivity (Wildman–Crippen MR) is 58.8 cm³/mol. The predicted octanol–water partition coefficient (Wildman–Crippen LogP) is 0.808. The van der Waals surface area contributed by atoms with E-state index in [0.29, 0.717) is 24.7 Å². The lowest BCUT2D eigenvalue weighted by molar-refractivity contribution is -0.121. The van der Waals surface area contributed by atoms with Crippen molar-refractivity contribution in [3.8, 4) is 0 Å². The van der Waals surface area contributed by atoms with Gasteiger partial charge in [0.25, 0.3) is 0 Å². The monoisotopic (exact) mass is 217 g/mol. The fraction of sp³-hybridized carbons (Fsp3) is 0.900. The Balaban J connectivity index is 2.26. The molecule has 82 valence electrons. The van der Waals surface area contributed by atoms with E-state index in [1.54, 1.807) is 6.26 Å². The highest BCUT2D eigenvalue weighted by Gasteiger charge is 2.20. The highest BCUT2D eigenvalue weighted by Crippen LogP contribution is 2.11. The van der Waals surface area contributed by atoms with Crippen molar-refractivity contribution in [2.75, 3.05) is 25.1 Å². The minimum Gasteiger partial charge on any atom is -0.300 e. The van der Waals surface area contributed by atoms with Crippen LogP contribution in [0.2, 0.25) is 0 Å². The topological polar surface area (TPSA) is 37.4 Å². The smallest absolute Gasteiger partial charge is 0.135 e. The van der Waals surface area contributed by atoms with Crippen LogP contribution in [0.15, 0.2) is 0 Å². The third-order valence-electron chi connectivity index (χ3n) is 2.80. The number of carbonyl (C=O) groups is 1. The molecule has 0 amide bonds. The Morgan fingerprint density at radius 1 is 1.43 bits per heavy atom. The highest BCUT2D eigenvalue weighted by atomic mass is 32.2. The molecular weight excluding hydrogens is 198 g/mol. The summed E-state index contributed by atoms with van der Waals surface area (Å²) in [5.41, 5.74) is 0. The Kier molecular flexibility index (Phi) is 4.75. The highest BCUT2D eigenvalue weighted by molar-refractivity contribution is 7.84. The average molecular weight is 217 g/mol. The molecule has 1 saturated heterocycles. The molecule has 1 heterocycles. The van der Waals surface area contributed by atoms with Crippen molar-refractivity contribution in [1.82, 2.24) is 4.90 Å². The largest absolute Gasteiger partial charge is 0.300 e. The second-order valence-corrected chi connectivity index (χ2v) is 5.54. The van der Waals surface area contributed by atoms with Crippen molar-refractivity contribution in [1.29, 1.82) is 0 Å². The van der Waals surface area contributed by atoms with E-state index in [1.807, 2.05) is 0 Å². The first-order valence-corrected chi connectivity index (χ1v) is 6.88. The normalized spacial score (nSPS) is 23.4. The number of carbonyl (C=O) groups excluding carboxylic acids is 1. The van der Waals surface area contributed by atoms with Crippen LogP contribution < -0.4 is 0 Å². The van der Waals surface area contributed by atoms with Crippen LogP contribution in [0, 0.1) is 0 Å². The summed E-state index contributed by atoms with van der Waals surface area (Å²) in [6.07, 6.45) is 4.10. The van der Waals surface area contributed by atoms with E-state index in [4.69, 9.17) is 0 Å². The molecule has 0 bridgehead atoms. The van der Waals surface area contributed by atoms with Crippen molar-refractivity contribution < 1.29 is 9.00 Å². The number of Topliss-reactive ketones (excluding diaryl/α,β-unsaturated/α-hetero) is 1. The molecule has 0 saturated carbocycles. The maximum Gasteiger partial charge on any atom is 0.135 e. The zero-order valence-electron chi connectivity index (χ0n) is 8.99. The van der Waals surface area contributed by atoms with E-state index in [-0.39, 0.29) is 0 Å². The van der Waals surface area contributed by atoms with E-state index < -0.39 is 10.8 Å². The summed E-state index contributed by atoms with van der Waals surface area (Å²) in [4.78, 5) is 13.3. The van der Waals surface area contributed by atoms with Crippen LogP contribution in [-0.4, -0.2) is 46.0 Å². The van der Waals surface area contributed by atoms with Gasteiger partial charge in [0, 0.05) is 54.8 Å². The van der Waals surface area contributed by atoms with Gasteiger partial charge >= 0.3 is 0 Å². The van der Waals surface area contributed by atoms with E-state index in [0.717, 1.165) is 25.3 Å². The van der Waals surface area contributed by atoms with Crippen LogP contribution in [0.3, 0.4) is 0 Å². The van der Waals surface area contributed by atoms with E-state index >= 15 is 0 Å². The van der Waals surface area contributed by atoms with Crippen LogP contribution in [0.1, 0.15) is 26.2 Å². The lowest BCUT2D eigenvalue weighted by Gasteiger charge is -2.31. The molecule has 3 nitrogen and oxygen atoms in total. The summed E-state index contributed by atoms with van der Waals surface area (Å²) in [5.74, 6) is 1.15. The maximum absolute atomic E-state index is 11.0. The number of ketones is 1. The van der Waals surface area contributed by atoms with Crippen LogP contribution in [0.4, 0.5) is 0 Å². The van der Waals surface area contributed by atoms with Crippen LogP contribution >= 0.6 is 0 Å². The fourth-order valence-electron chi connectivity index (χ4n) is 1.73. The number of nitrogens with zero attached hydrogens (tertiary/aromatic N) is 1. The van der Waals surface area contributed by atoms with Gasteiger partial charge in [0.15, 0.2) is 0 Å². The zero-order chi connectivity index (χ0) is 10.6. The molecule has 4 heteroatoms. The van der Waals surface area contributed by atoms with Crippen molar-refractivity contribution >= 4 is 16.6 Å². The van der Waals surface area contributed by atoms with Crippen LogP contribution in [0.5, 0.6) is 0 Å². The summed E-state index contributed by atoms with van der Waals surface area (Å²) in [6.45, 7) is 3.93. The Morgan fingerprint density at radius 3 is 2.50 bits per heavy atom. The summed E-state index contributed by atoms with van der Waals surface area (Å²) in [7, 11) is -0.691. The molecule has 14 heavy (non-hydrogen) atoms. The molecule has 1 aliphatic heterocycles. The van der Waals surface area contributed by atoms with E-state index in [1.165, 1.54) is 0 Å². The van der Waals surface area contributed by atoms with Gasteiger partial charge in [-0.2, -0.15) is 0 Å². The van der Waals surface area contributed by atoms with Gasteiger partial charge in [0.1, 0.15) is 5.78 Å². The lowest BCUT2D eigenvalue weighted by atomic mass is 10.1. The van der Waals surface area contributed by atoms with Gasteiger partial charge in [0.2, 0.25) is 0 Å². The molecule has 0 N–H and O–H groups in total. The quantitative estimate of drug-likeness (QED) is 0.699. The van der Waals surface area contributed by atoms with Crippen LogP contribution in [-0.2, 0) is 15.6 Å². The van der Waals surface area contributed by atoms with Gasteiger partial charge in [0.05, 0.1) is 0 Å². The molecule has 0 aromatic heterocycles. The molecule has 0 aromatic rings. The molecule has 0 aromatic carbocycles. The number of rotatable bonds is 4. The first-order valence-electron chi connectivity index (χ1n) is 5.15. The van der Waals surface area contributed by atoms with Crippen molar-refractivity contribution in [2.45, 2.75) is 32.2 Å². The SMILES string of the molecule is CC(CCS(C)=O)N1CCC(=O)CC1. The summed E-state index contributed by atoms with van der Waals surface area (Å²) in [6, 6.07) is 0.465. The first-order chi connectivity index (χ1) is 6.59. The Hall–Kier alpha value is -0.220. The average Bonchev–Trinajstić information content (AvgIpc) is 2.15. The molecular formula is C10H19NO2S. The molecule has 0 aliphatic carbocycles. The minimum absolute atomic E-state index is 0.382. The fourth-order valence-corrected chi connectivity index (χ4v) is 2.41. The Morgan fingerprint density at radius 2 is 2.00 bits per heavy atom. The van der Waals surface area contributed by atoms with Crippen molar-refractivity contribution in [2.24, 2.45) is 0 Å². The summed E-state index contributed by atoms with van der Waals surface area (Å²) >= 11 is 0. The summed E-state index contributed by atoms with van der Waals surface area (Å²) in [5, 5.41) is 0. The van der Waals surface area contributed by atoms with E-state index in [9.17, 15) is 9.00 Å². The third kappa shape index (κ3) is 3.88. The number of hydrogen-bond acceptors (Lipinski definition) is 3. The van der Waals surface area contributed by atoms with Crippen LogP contribution in [0.25, 0.3) is 0 Å². The molecule has 0 radical (unpaired) electrons. The number of hydrogen-bond donors (Lipinski definition) is 0. The third-order valence-corrected chi connectivity index (χ3v) is 3.61. The molecule has 2 unspecified atom stereocenters. The molecule has 1 rings (SSSR count). The Bertz CT molecular complexity index is 220. The maximum atomic E-state index is 11.0. The van der Waals surface area contributed by atoms with Gasteiger partial charge in [-0.1, -0.05) is 0 Å². The van der Waals surface area contributed by atoms with E-state index in [2.05, 4.69) is 11.8 Å². The van der Waals surface area contributed by atoms with Gasteiger partial charge in [-0.15, -0.1) is 0 Å².